The normalized spacial score (nSPS) is 14.9. The molecule has 0 aromatic carbocycles. The highest BCUT2D eigenvalue weighted by atomic mass is 32.2. The van der Waals surface area contributed by atoms with Gasteiger partial charge in [-0.3, -0.25) is 10.1 Å². The maximum absolute atomic E-state index is 12.2. The Balaban J connectivity index is 1.54. The third-order valence-electron chi connectivity index (χ3n) is 4.95. The summed E-state index contributed by atoms with van der Waals surface area (Å²) in [7, 11) is 0. The second-order valence-corrected chi connectivity index (χ2v) is 9.04. The molecule has 9 heteroatoms. The molecule has 0 atom stereocenters. The van der Waals surface area contributed by atoms with Crippen LogP contribution in [0.15, 0.2) is 17.8 Å². The van der Waals surface area contributed by atoms with Gasteiger partial charge in [-0.05, 0) is 18.8 Å². The summed E-state index contributed by atoms with van der Waals surface area (Å²) in [5, 5.41) is 21.7. The molecule has 1 amide bonds. The van der Waals surface area contributed by atoms with Crippen molar-refractivity contribution in [1.82, 2.24) is 25.0 Å². The fraction of sp³-hybridized carbons (Fsp3) is 0.632. The summed E-state index contributed by atoms with van der Waals surface area (Å²) in [4.78, 5) is 12.2. The number of amides is 1. The van der Waals surface area contributed by atoms with Crippen LogP contribution in [0.1, 0.15) is 56.3 Å². The average molecular weight is 421 g/mol. The van der Waals surface area contributed by atoms with Crippen LogP contribution >= 0.6 is 23.1 Å². The molecule has 0 bridgehead atoms. The van der Waals surface area contributed by atoms with Crippen molar-refractivity contribution in [1.29, 1.82) is 0 Å². The highest BCUT2D eigenvalue weighted by Crippen LogP contribution is 2.28. The van der Waals surface area contributed by atoms with Gasteiger partial charge in [0.15, 0.2) is 5.16 Å². The van der Waals surface area contributed by atoms with Crippen molar-refractivity contribution in [3.05, 3.63) is 23.5 Å². The molecule has 1 aliphatic carbocycles. The molecule has 2 aromatic heterocycles. The van der Waals surface area contributed by atoms with Crippen LogP contribution in [0.2, 0.25) is 0 Å². The fourth-order valence-corrected chi connectivity index (χ4v) is 4.93. The number of aryl methyl sites for hydroxylation is 2. The number of aromatic nitrogens is 5. The first-order valence-electron chi connectivity index (χ1n) is 9.97. The number of carbonyl (C=O) groups is 1. The van der Waals surface area contributed by atoms with Gasteiger partial charge in [0, 0.05) is 13.0 Å². The van der Waals surface area contributed by atoms with Crippen LogP contribution in [0, 0.1) is 5.92 Å². The number of nitrogens with zero attached hydrogens (tertiary/aromatic N) is 5. The Morgan fingerprint density at radius 3 is 2.82 bits per heavy atom. The first-order valence-corrected chi connectivity index (χ1v) is 11.8. The molecule has 28 heavy (non-hydrogen) atoms. The Kier molecular flexibility index (Phi) is 8.02. The quantitative estimate of drug-likeness (QED) is 0.460. The van der Waals surface area contributed by atoms with Crippen LogP contribution in [0.5, 0.6) is 0 Å². The van der Waals surface area contributed by atoms with E-state index in [0.29, 0.717) is 11.7 Å². The zero-order chi connectivity index (χ0) is 19.8. The van der Waals surface area contributed by atoms with Crippen molar-refractivity contribution in [2.45, 2.75) is 70.0 Å². The summed E-state index contributed by atoms with van der Waals surface area (Å²) in [6.07, 6.45) is 11.5. The average Bonchev–Trinajstić information content (AvgIpc) is 3.32. The number of nitrogens with one attached hydrogen (secondary N) is 1. The second-order valence-electron chi connectivity index (χ2n) is 7.03. The van der Waals surface area contributed by atoms with Gasteiger partial charge in [-0.15, -0.1) is 27.0 Å². The predicted molar refractivity (Wildman–Crippen MR) is 114 cm³/mol. The van der Waals surface area contributed by atoms with Crippen LogP contribution in [0.25, 0.3) is 0 Å². The predicted octanol–water partition coefficient (Wildman–Crippen LogP) is 4.12. The summed E-state index contributed by atoms with van der Waals surface area (Å²) in [6, 6.07) is 0. The van der Waals surface area contributed by atoms with Gasteiger partial charge in [-0.2, -0.15) is 0 Å². The number of anilines is 1. The standard InChI is InChI=1S/C19H28N6OS2/c1-3-12-25-15(11-10-14-8-6-5-7-9-14)21-24-19(25)27-13-16(26)20-18-23-22-17(4-2)28-18/h3,14H,1,4-13H2,2H3,(H,20,23,26). The molecule has 0 aliphatic heterocycles. The number of allylic oxidation sites excluding steroid dienone is 1. The molecule has 1 fully saturated rings. The van der Waals surface area contributed by atoms with E-state index in [2.05, 4.69) is 36.9 Å². The van der Waals surface area contributed by atoms with E-state index in [4.69, 9.17) is 0 Å². The lowest BCUT2D eigenvalue weighted by atomic mass is 9.86. The number of hydrogen-bond donors (Lipinski definition) is 1. The maximum atomic E-state index is 12.2. The molecule has 0 spiro atoms. The lowest BCUT2D eigenvalue weighted by Crippen LogP contribution is -2.15. The van der Waals surface area contributed by atoms with E-state index in [-0.39, 0.29) is 11.7 Å². The zero-order valence-electron chi connectivity index (χ0n) is 16.4. The number of rotatable bonds is 10. The SMILES string of the molecule is C=CCn1c(CCC2CCCCC2)nnc1SCC(=O)Nc1nnc(CC)s1. The number of thioether (sulfide) groups is 1. The Morgan fingerprint density at radius 2 is 2.11 bits per heavy atom. The van der Waals surface area contributed by atoms with Crippen LogP contribution in [-0.4, -0.2) is 36.6 Å². The van der Waals surface area contributed by atoms with Crippen molar-refractivity contribution < 1.29 is 4.79 Å². The summed E-state index contributed by atoms with van der Waals surface area (Å²) in [5.41, 5.74) is 0. The molecule has 1 aliphatic rings. The Labute approximate surface area is 174 Å². The van der Waals surface area contributed by atoms with Crippen LogP contribution in [0.4, 0.5) is 5.13 Å². The second kappa shape index (κ2) is 10.7. The smallest absolute Gasteiger partial charge is 0.236 e. The Bertz CT molecular complexity index is 781. The lowest BCUT2D eigenvalue weighted by Gasteiger charge is -2.21. The Hall–Kier alpha value is -1.74. The minimum absolute atomic E-state index is 0.110. The van der Waals surface area contributed by atoms with Crippen LogP contribution in [-0.2, 0) is 24.2 Å². The van der Waals surface area contributed by atoms with E-state index in [1.165, 1.54) is 55.2 Å². The largest absolute Gasteiger partial charge is 0.302 e. The minimum Gasteiger partial charge on any atom is -0.302 e. The topological polar surface area (TPSA) is 85.6 Å². The van der Waals surface area contributed by atoms with Gasteiger partial charge in [0.05, 0.1) is 5.75 Å². The van der Waals surface area contributed by atoms with Gasteiger partial charge in [0.25, 0.3) is 0 Å². The summed E-state index contributed by atoms with van der Waals surface area (Å²) >= 11 is 2.80. The van der Waals surface area contributed by atoms with Gasteiger partial charge in [0.1, 0.15) is 10.8 Å². The molecule has 152 valence electrons. The van der Waals surface area contributed by atoms with E-state index in [1.54, 1.807) is 0 Å². The van der Waals surface area contributed by atoms with E-state index in [9.17, 15) is 4.79 Å². The molecular weight excluding hydrogens is 392 g/mol. The third-order valence-corrected chi connectivity index (χ3v) is 6.90. The van der Waals surface area contributed by atoms with Crippen LogP contribution in [0.3, 0.4) is 0 Å². The summed E-state index contributed by atoms with van der Waals surface area (Å²) < 4.78 is 2.08. The van der Waals surface area contributed by atoms with E-state index in [1.807, 2.05) is 13.0 Å². The van der Waals surface area contributed by atoms with E-state index < -0.39 is 0 Å². The fourth-order valence-electron chi connectivity index (χ4n) is 3.46. The molecule has 0 saturated heterocycles. The molecule has 7 nitrogen and oxygen atoms in total. The molecular formula is C19H28N6OS2. The molecule has 2 heterocycles. The van der Waals surface area contributed by atoms with Gasteiger partial charge in [-0.1, -0.05) is 68.2 Å². The minimum atomic E-state index is -0.110. The van der Waals surface area contributed by atoms with E-state index in [0.717, 1.165) is 41.2 Å². The molecule has 0 unspecified atom stereocenters. The zero-order valence-corrected chi connectivity index (χ0v) is 18.0. The van der Waals surface area contributed by atoms with Crippen molar-refractivity contribution in [2.75, 3.05) is 11.1 Å². The van der Waals surface area contributed by atoms with Gasteiger partial charge < -0.3 is 4.57 Å². The van der Waals surface area contributed by atoms with Crippen molar-refractivity contribution >= 4 is 34.1 Å². The third kappa shape index (κ3) is 5.88. The lowest BCUT2D eigenvalue weighted by molar-refractivity contribution is -0.113. The van der Waals surface area contributed by atoms with Gasteiger partial charge >= 0.3 is 0 Å². The molecule has 0 radical (unpaired) electrons. The molecule has 1 saturated carbocycles. The van der Waals surface area contributed by atoms with Gasteiger partial charge in [0.2, 0.25) is 11.0 Å². The molecule has 3 rings (SSSR count). The first kappa shape index (κ1) is 21.0. The Morgan fingerprint density at radius 1 is 1.29 bits per heavy atom. The van der Waals surface area contributed by atoms with Crippen molar-refractivity contribution in [3.63, 3.8) is 0 Å². The number of carbonyl (C=O) groups excluding carboxylic acids is 1. The maximum Gasteiger partial charge on any atom is 0.236 e. The molecule has 1 N–H and O–H groups in total. The van der Waals surface area contributed by atoms with E-state index >= 15 is 0 Å². The van der Waals surface area contributed by atoms with Gasteiger partial charge in [-0.25, -0.2) is 0 Å². The van der Waals surface area contributed by atoms with Crippen molar-refractivity contribution in [2.24, 2.45) is 5.92 Å². The highest BCUT2D eigenvalue weighted by Gasteiger charge is 2.18. The molecule has 2 aromatic rings. The summed E-state index contributed by atoms with van der Waals surface area (Å²) in [5.74, 6) is 1.95. The highest BCUT2D eigenvalue weighted by molar-refractivity contribution is 7.99. The van der Waals surface area contributed by atoms with Crippen molar-refractivity contribution in [3.8, 4) is 0 Å². The van der Waals surface area contributed by atoms with Crippen LogP contribution < -0.4 is 5.32 Å². The summed E-state index contributed by atoms with van der Waals surface area (Å²) in [6.45, 7) is 6.52. The number of hydrogen-bond acceptors (Lipinski definition) is 7. The first-order chi connectivity index (χ1) is 13.7. The monoisotopic (exact) mass is 420 g/mol.